The summed E-state index contributed by atoms with van der Waals surface area (Å²) in [6.45, 7) is 11.9. The van der Waals surface area contributed by atoms with Crippen LogP contribution in [0.5, 0.6) is 0 Å². The van der Waals surface area contributed by atoms with Gasteiger partial charge in [0.05, 0.1) is 0 Å². The molecule has 0 amide bonds. The molecule has 0 spiro atoms. The molecule has 1 heteroatoms. The summed E-state index contributed by atoms with van der Waals surface area (Å²) >= 11 is 0. The third-order valence-corrected chi connectivity index (χ3v) is 8.64. The number of hydrogen-bond donors (Lipinski definition) is 0. The van der Waals surface area contributed by atoms with Crippen LogP contribution in [0, 0.1) is 0 Å². The van der Waals surface area contributed by atoms with Crippen molar-refractivity contribution in [2.45, 2.75) is 46.3 Å². The van der Waals surface area contributed by atoms with Gasteiger partial charge < -0.3 is 0 Å². The molecule has 0 saturated heterocycles. The first-order valence-electron chi connectivity index (χ1n) is 4.92. The van der Waals surface area contributed by atoms with E-state index in [0.29, 0.717) is 0 Å². The van der Waals surface area contributed by atoms with Gasteiger partial charge in [-0.3, -0.25) is 0 Å². The SMILES string of the molecule is CCC(C)S(CC)(CC)CC. The largest absolute Gasteiger partial charge is 0.239 e. The lowest BCUT2D eigenvalue weighted by Gasteiger charge is -2.43. The maximum atomic E-state index is 2.44. The van der Waals surface area contributed by atoms with E-state index in [0.717, 1.165) is 5.25 Å². The van der Waals surface area contributed by atoms with Gasteiger partial charge >= 0.3 is 0 Å². The van der Waals surface area contributed by atoms with Crippen LogP contribution in [-0.4, -0.2) is 22.5 Å². The molecular formula is C10H24S. The highest BCUT2D eigenvalue weighted by molar-refractivity contribution is 8.34. The predicted octanol–water partition coefficient (Wildman–Crippen LogP) is 3.65. The highest BCUT2D eigenvalue weighted by Crippen LogP contribution is 2.52. The van der Waals surface area contributed by atoms with E-state index in [4.69, 9.17) is 0 Å². The topological polar surface area (TPSA) is 0 Å². The van der Waals surface area contributed by atoms with Crippen LogP contribution in [-0.2, 0) is 0 Å². The summed E-state index contributed by atoms with van der Waals surface area (Å²) in [5.41, 5.74) is 0. The summed E-state index contributed by atoms with van der Waals surface area (Å²) in [5, 5.41) is 0.975. The maximum absolute atomic E-state index is 2.44. The molecule has 0 N–H and O–H groups in total. The van der Waals surface area contributed by atoms with Crippen molar-refractivity contribution in [3.05, 3.63) is 0 Å². The molecule has 0 rings (SSSR count). The quantitative estimate of drug-likeness (QED) is 0.600. The molecule has 0 nitrogen and oxygen atoms in total. The molecule has 0 aliphatic heterocycles. The summed E-state index contributed by atoms with van der Waals surface area (Å²) in [6, 6.07) is 0. The Bertz CT molecular complexity index is 86.8. The van der Waals surface area contributed by atoms with Gasteiger partial charge in [0.2, 0.25) is 0 Å². The molecule has 1 atom stereocenters. The molecule has 0 aliphatic carbocycles. The molecule has 0 heterocycles. The van der Waals surface area contributed by atoms with Crippen molar-refractivity contribution in [3.63, 3.8) is 0 Å². The van der Waals surface area contributed by atoms with Crippen LogP contribution in [0.1, 0.15) is 41.0 Å². The van der Waals surface area contributed by atoms with E-state index < -0.39 is 0 Å². The van der Waals surface area contributed by atoms with Gasteiger partial charge in [-0.2, -0.15) is 0 Å². The van der Waals surface area contributed by atoms with Crippen molar-refractivity contribution in [3.8, 4) is 0 Å². The molecular weight excluding hydrogens is 152 g/mol. The number of hydrogen-bond acceptors (Lipinski definition) is 0. The van der Waals surface area contributed by atoms with Crippen molar-refractivity contribution in [2.75, 3.05) is 17.3 Å². The fourth-order valence-corrected chi connectivity index (χ4v) is 5.46. The Kier molecular flexibility index (Phi) is 5.24. The van der Waals surface area contributed by atoms with Crippen molar-refractivity contribution in [1.82, 2.24) is 0 Å². The molecule has 11 heavy (non-hydrogen) atoms. The highest BCUT2D eigenvalue weighted by Gasteiger charge is 2.23. The highest BCUT2D eigenvalue weighted by atomic mass is 32.3. The van der Waals surface area contributed by atoms with Crippen LogP contribution in [0.2, 0.25) is 0 Å². The van der Waals surface area contributed by atoms with Crippen LogP contribution in [0.3, 0.4) is 0 Å². The Morgan fingerprint density at radius 2 is 1.27 bits per heavy atom. The summed E-state index contributed by atoms with van der Waals surface area (Å²) in [5.74, 6) is 4.28. The molecule has 0 aromatic carbocycles. The zero-order valence-electron chi connectivity index (χ0n) is 8.81. The van der Waals surface area contributed by atoms with Crippen LogP contribution in [0.25, 0.3) is 0 Å². The van der Waals surface area contributed by atoms with Gasteiger partial charge in [0, 0.05) is 0 Å². The van der Waals surface area contributed by atoms with E-state index >= 15 is 0 Å². The van der Waals surface area contributed by atoms with Crippen LogP contribution < -0.4 is 0 Å². The summed E-state index contributed by atoms with van der Waals surface area (Å²) in [7, 11) is -0.239. The van der Waals surface area contributed by atoms with E-state index in [1.807, 2.05) is 0 Å². The Morgan fingerprint density at radius 3 is 1.36 bits per heavy atom. The second-order valence-corrected chi connectivity index (χ2v) is 7.96. The van der Waals surface area contributed by atoms with E-state index in [1.165, 1.54) is 23.7 Å². The molecule has 0 radical (unpaired) electrons. The Morgan fingerprint density at radius 1 is 0.909 bits per heavy atom. The van der Waals surface area contributed by atoms with Crippen LogP contribution in [0.15, 0.2) is 0 Å². The summed E-state index contributed by atoms with van der Waals surface area (Å²) in [4.78, 5) is 0. The molecule has 0 aliphatic rings. The molecule has 0 saturated carbocycles. The maximum Gasteiger partial charge on any atom is -0.0143 e. The lowest BCUT2D eigenvalue weighted by atomic mass is 10.4. The van der Waals surface area contributed by atoms with Gasteiger partial charge in [-0.25, -0.2) is 10.0 Å². The predicted molar refractivity (Wildman–Crippen MR) is 59.0 cm³/mol. The summed E-state index contributed by atoms with van der Waals surface area (Å²) in [6.07, 6.45) is 1.37. The molecule has 70 valence electrons. The van der Waals surface area contributed by atoms with Gasteiger partial charge in [-0.1, -0.05) is 34.6 Å². The lowest BCUT2D eigenvalue weighted by Crippen LogP contribution is -2.20. The monoisotopic (exact) mass is 176 g/mol. The molecule has 0 aromatic heterocycles. The van der Waals surface area contributed by atoms with E-state index in [-0.39, 0.29) is 10.0 Å². The van der Waals surface area contributed by atoms with Gasteiger partial charge in [-0.15, -0.1) is 0 Å². The van der Waals surface area contributed by atoms with Crippen molar-refractivity contribution in [2.24, 2.45) is 0 Å². The second kappa shape index (κ2) is 5.08. The second-order valence-electron chi connectivity index (χ2n) is 3.20. The minimum Gasteiger partial charge on any atom is -0.239 e. The van der Waals surface area contributed by atoms with Gasteiger partial charge in [0.1, 0.15) is 0 Å². The van der Waals surface area contributed by atoms with E-state index in [2.05, 4.69) is 34.6 Å². The Balaban J connectivity index is 4.26. The average Bonchev–Trinajstić information content (AvgIpc) is 2.08. The Hall–Kier alpha value is 0.350. The van der Waals surface area contributed by atoms with Crippen molar-refractivity contribution >= 4 is 10.0 Å². The minimum absolute atomic E-state index is 0.239. The van der Waals surface area contributed by atoms with Crippen molar-refractivity contribution < 1.29 is 0 Å². The number of rotatable bonds is 5. The van der Waals surface area contributed by atoms with Crippen LogP contribution in [0.4, 0.5) is 0 Å². The Labute approximate surface area is 74.1 Å². The molecule has 0 aromatic rings. The van der Waals surface area contributed by atoms with Crippen LogP contribution >= 0.6 is 10.0 Å². The lowest BCUT2D eigenvalue weighted by molar-refractivity contribution is 0.884. The normalized spacial score (nSPS) is 16.5. The fourth-order valence-electron chi connectivity index (χ4n) is 1.82. The smallest absolute Gasteiger partial charge is 0.0143 e. The molecule has 0 fully saturated rings. The molecule has 0 bridgehead atoms. The minimum atomic E-state index is -0.239. The third kappa shape index (κ3) is 2.40. The van der Waals surface area contributed by atoms with E-state index in [1.54, 1.807) is 0 Å². The van der Waals surface area contributed by atoms with Gasteiger partial charge in [-0.05, 0) is 28.9 Å². The first kappa shape index (κ1) is 11.4. The fraction of sp³-hybridized carbons (Fsp3) is 1.00. The first-order chi connectivity index (χ1) is 5.16. The molecule has 1 unspecified atom stereocenters. The summed E-state index contributed by atoms with van der Waals surface area (Å²) < 4.78 is 0. The van der Waals surface area contributed by atoms with Crippen molar-refractivity contribution in [1.29, 1.82) is 0 Å². The van der Waals surface area contributed by atoms with Gasteiger partial charge in [0.25, 0.3) is 0 Å². The van der Waals surface area contributed by atoms with Gasteiger partial charge in [0.15, 0.2) is 0 Å². The standard InChI is InChI=1S/C10H24S/c1-6-10(5)11(7-2,8-3)9-4/h10H,6-9H2,1-5H3. The first-order valence-corrected chi connectivity index (χ1v) is 7.12. The zero-order chi connectivity index (χ0) is 8.91. The zero-order valence-corrected chi connectivity index (χ0v) is 9.63. The average molecular weight is 176 g/mol. The third-order valence-electron chi connectivity index (χ3n) is 3.15. The van der Waals surface area contributed by atoms with E-state index in [9.17, 15) is 0 Å².